The number of rotatable bonds is 2. The second-order valence-electron chi connectivity index (χ2n) is 4.50. The maximum absolute atomic E-state index is 5.87. The highest BCUT2D eigenvalue weighted by Crippen LogP contribution is 2.29. The molecular formula is C12H16BrClN2. The van der Waals surface area contributed by atoms with Crippen LogP contribution in [0.15, 0.2) is 16.7 Å². The van der Waals surface area contributed by atoms with Crippen molar-refractivity contribution in [2.75, 3.05) is 5.32 Å². The quantitative estimate of drug-likeness (QED) is 0.871. The monoisotopic (exact) mass is 302 g/mol. The third-order valence-corrected chi connectivity index (χ3v) is 4.05. The van der Waals surface area contributed by atoms with E-state index in [4.69, 9.17) is 11.6 Å². The number of aromatic nitrogens is 1. The fourth-order valence-corrected chi connectivity index (χ4v) is 2.98. The fraction of sp³-hybridized carbons (Fsp3) is 0.583. The van der Waals surface area contributed by atoms with Gasteiger partial charge in [-0.1, -0.05) is 31.4 Å². The van der Waals surface area contributed by atoms with Gasteiger partial charge in [0.25, 0.3) is 0 Å². The Hall–Kier alpha value is -0.280. The van der Waals surface area contributed by atoms with E-state index in [2.05, 4.69) is 33.2 Å². The first-order chi connectivity index (χ1) is 7.66. The van der Waals surface area contributed by atoms with Gasteiger partial charge in [-0.05, 0) is 40.8 Å². The van der Waals surface area contributed by atoms with Crippen molar-refractivity contribution < 1.29 is 0 Å². The highest BCUT2D eigenvalue weighted by Gasteiger charge is 2.21. The van der Waals surface area contributed by atoms with E-state index in [0.717, 1.165) is 16.2 Å². The summed E-state index contributed by atoms with van der Waals surface area (Å²) in [5.74, 6) is 1.63. The zero-order valence-electron chi connectivity index (χ0n) is 9.34. The topological polar surface area (TPSA) is 24.9 Å². The lowest BCUT2D eigenvalue weighted by Gasteiger charge is -2.30. The number of hydrogen-bond acceptors (Lipinski definition) is 2. The number of hydrogen-bond donors (Lipinski definition) is 1. The van der Waals surface area contributed by atoms with Gasteiger partial charge in [0.15, 0.2) is 0 Å². The van der Waals surface area contributed by atoms with Gasteiger partial charge in [0, 0.05) is 12.2 Å². The first kappa shape index (κ1) is 12.2. The molecule has 0 saturated heterocycles. The molecule has 0 bridgehead atoms. The molecule has 88 valence electrons. The van der Waals surface area contributed by atoms with Gasteiger partial charge in [-0.3, -0.25) is 0 Å². The number of pyridine rings is 1. The van der Waals surface area contributed by atoms with Crippen LogP contribution in [0.1, 0.15) is 32.6 Å². The van der Waals surface area contributed by atoms with Crippen molar-refractivity contribution in [3.63, 3.8) is 0 Å². The molecule has 0 radical (unpaired) electrons. The molecule has 0 aromatic carbocycles. The van der Waals surface area contributed by atoms with Crippen molar-refractivity contribution in [3.8, 4) is 0 Å². The van der Waals surface area contributed by atoms with Crippen LogP contribution in [0.4, 0.5) is 5.82 Å². The molecule has 2 atom stereocenters. The van der Waals surface area contributed by atoms with Crippen LogP contribution in [-0.2, 0) is 0 Å². The average Bonchev–Trinajstić information content (AvgIpc) is 2.25. The van der Waals surface area contributed by atoms with Crippen molar-refractivity contribution in [1.29, 1.82) is 0 Å². The number of anilines is 1. The minimum absolute atomic E-state index is 0.540. The summed E-state index contributed by atoms with van der Waals surface area (Å²) >= 11 is 9.35. The first-order valence-corrected chi connectivity index (χ1v) is 6.91. The third kappa shape index (κ3) is 2.89. The van der Waals surface area contributed by atoms with Gasteiger partial charge in [0.2, 0.25) is 0 Å². The Labute approximate surface area is 110 Å². The van der Waals surface area contributed by atoms with Crippen molar-refractivity contribution in [2.45, 2.75) is 38.6 Å². The summed E-state index contributed by atoms with van der Waals surface area (Å²) in [7, 11) is 0. The molecule has 16 heavy (non-hydrogen) atoms. The molecule has 1 N–H and O–H groups in total. The van der Waals surface area contributed by atoms with Crippen LogP contribution in [0.5, 0.6) is 0 Å². The van der Waals surface area contributed by atoms with Gasteiger partial charge in [-0.15, -0.1) is 0 Å². The minimum Gasteiger partial charge on any atom is -0.366 e. The molecule has 0 amide bonds. The Morgan fingerprint density at radius 1 is 1.44 bits per heavy atom. The highest BCUT2D eigenvalue weighted by atomic mass is 79.9. The SMILES string of the molecule is CC1CCCCC1Nc1ncc(Cl)cc1Br. The van der Waals surface area contributed by atoms with Crippen LogP contribution in [0.3, 0.4) is 0 Å². The number of nitrogens with zero attached hydrogens (tertiary/aromatic N) is 1. The lowest BCUT2D eigenvalue weighted by Crippen LogP contribution is -2.30. The third-order valence-electron chi connectivity index (χ3n) is 3.24. The largest absolute Gasteiger partial charge is 0.366 e. The van der Waals surface area contributed by atoms with E-state index in [0.29, 0.717) is 11.1 Å². The van der Waals surface area contributed by atoms with E-state index in [1.807, 2.05) is 6.07 Å². The summed E-state index contributed by atoms with van der Waals surface area (Å²) in [4.78, 5) is 4.32. The summed E-state index contributed by atoms with van der Waals surface area (Å²) in [6, 6.07) is 2.42. The highest BCUT2D eigenvalue weighted by molar-refractivity contribution is 9.10. The number of halogens is 2. The number of nitrogens with one attached hydrogen (secondary N) is 1. The zero-order chi connectivity index (χ0) is 11.5. The van der Waals surface area contributed by atoms with Crippen molar-refractivity contribution in [1.82, 2.24) is 4.98 Å². The molecule has 2 unspecified atom stereocenters. The van der Waals surface area contributed by atoms with E-state index >= 15 is 0 Å². The lowest BCUT2D eigenvalue weighted by atomic mass is 9.86. The Bertz CT molecular complexity index is 370. The van der Waals surface area contributed by atoms with E-state index < -0.39 is 0 Å². The molecule has 1 fully saturated rings. The minimum atomic E-state index is 0.540. The molecule has 1 saturated carbocycles. The van der Waals surface area contributed by atoms with Crippen LogP contribution in [0.25, 0.3) is 0 Å². The molecule has 1 aromatic heterocycles. The molecule has 0 spiro atoms. The molecular weight excluding hydrogens is 288 g/mol. The molecule has 1 aromatic rings. The molecule has 2 nitrogen and oxygen atoms in total. The fourth-order valence-electron chi connectivity index (χ4n) is 2.23. The maximum Gasteiger partial charge on any atom is 0.140 e. The van der Waals surface area contributed by atoms with Gasteiger partial charge in [-0.25, -0.2) is 4.98 Å². The van der Waals surface area contributed by atoms with E-state index in [9.17, 15) is 0 Å². The molecule has 1 heterocycles. The van der Waals surface area contributed by atoms with E-state index in [1.54, 1.807) is 6.20 Å². The van der Waals surface area contributed by atoms with Gasteiger partial charge in [0.1, 0.15) is 5.82 Å². The predicted octanol–water partition coefficient (Wildman–Crippen LogP) is 4.49. The molecule has 2 rings (SSSR count). The van der Waals surface area contributed by atoms with Gasteiger partial charge in [-0.2, -0.15) is 0 Å². The van der Waals surface area contributed by atoms with Crippen molar-refractivity contribution >= 4 is 33.3 Å². The smallest absolute Gasteiger partial charge is 0.140 e. The van der Waals surface area contributed by atoms with Crippen LogP contribution < -0.4 is 5.32 Å². The van der Waals surface area contributed by atoms with Gasteiger partial charge < -0.3 is 5.32 Å². The lowest BCUT2D eigenvalue weighted by molar-refractivity contribution is 0.349. The van der Waals surface area contributed by atoms with Crippen LogP contribution in [0, 0.1) is 5.92 Å². The molecule has 4 heteroatoms. The van der Waals surface area contributed by atoms with Crippen molar-refractivity contribution in [2.24, 2.45) is 5.92 Å². The standard InChI is InChI=1S/C12H16BrClN2/c1-8-4-2-3-5-11(8)16-12-10(13)6-9(14)7-15-12/h6-8,11H,2-5H2,1H3,(H,15,16). The predicted molar refractivity (Wildman–Crippen MR) is 72.0 cm³/mol. The summed E-state index contributed by atoms with van der Waals surface area (Å²) in [6.45, 7) is 2.31. The Morgan fingerprint density at radius 2 is 2.19 bits per heavy atom. The van der Waals surface area contributed by atoms with Crippen LogP contribution in [0.2, 0.25) is 5.02 Å². The van der Waals surface area contributed by atoms with Gasteiger partial charge >= 0.3 is 0 Å². The first-order valence-electron chi connectivity index (χ1n) is 5.74. The molecule has 0 aliphatic heterocycles. The van der Waals surface area contributed by atoms with E-state index in [-0.39, 0.29) is 0 Å². The second kappa shape index (κ2) is 5.37. The summed E-state index contributed by atoms with van der Waals surface area (Å²) in [5.41, 5.74) is 0. The van der Waals surface area contributed by atoms with Gasteiger partial charge in [0.05, 0.1) is 9.50 Å². The maximum atomic E-state index is 5.87. The summed E-state index contributed by atoms with van der Waals surface area (Å²) in [6.07, 6.45) is 6.89. The van der Waals surface area contributed by atoms with E-state index in [1.165, 1.54) is 25.7 Å². The normalized spacial score (nSPS) is 25.4. The molecule has 1 aliphatic carbocycles. The van der Waals surface area contributed by atoms with Crippen LogP contribution in [-0.4, -0.2) is 11.0 Å². The summed E-state index contributed by atoms with van der Waals surface area (Å²) < 4.78 is 0.942. The molecule has 1 aliphatic rings. The second-order valence-corrected chi connectivity index (χ2v) is 5.79. The summed E-state index contributed by atoms with van der Waals surface area (Å²) in [5, 5.41) is 4.17. The Morgan fingerprint density at radius 3 is 2.88 bits per heavy atom. The Kier molecular flexibility index (Phi) is 4.09. The Balaban J connectivity index is 2.07. The van der Waals surface area contributed by atoms with Crippen LogP contribution >= 0.6 is 27.5 Å². The zero-order valence-corrected chi connectivity index (χ0v) is 11.7. The average molecular weight is 304 g/mol. The van der Waals surface area contributed by atoms with Crippen molar-refractivity contribution in [3.05, 3.63) is 21.8 Å².